The lowest BCUT2D eigenvalue weighted by Gasteiger charge is -2.26. The summed E-state index contributed by atoms with van der Waals surface area (Å²) in [4.78, 5) is 28.3. The van der Waals surface area contributed by atoms with E-state index in [9.17, 15) is 22.8 Å². The van der Waals surface area contributed by atoms with E-state index in [1.807, 2.05) is 19.1 Å². The normalized spacial score (nSPS) is 18.7. The van der Waals surface area contributed by atoms with Gasteiger partial charge in [-0.15, -0.1) is 13.2 Å². The number of aryl methyl sites for hydroxylation is 1. The number of aromatic nitrogens is 1. The molecule has 174 valence electrons. The number of amides is 1. The standard InChI is InChI=1S/C23H27F3N2O4/c1-13(2)31-22(30)18-7-5-4-6-17(18)21(29)27-11-10-16-14(3)28-20-9-8-15(12-19(16)20)32-23(24,25)26/h4-5,8-9,12-13,17-18,28H,6-7,10-11H2,1-3H3,(H,27,29)/t17-,18+/m0/s1. The van der Waals surface area contributed by atoms with Crippen molar-refractivity contribution in [2.45, 2.75) is 52.5 Å². The second kappa shape index (κ2) is 9.67. The monoisotopic (exact) mass is 452 g/mol. The van der Waals surface area contributed by atoms with Gasteiger partial charge in [0.05, 0.1) is 17.9 Å². The van der Waals surface area contributed by atoms with Crippen LogP contribution in [0.1, 0.15) is 37.9 Å². The third-order valence-electron chi connectivity index (χ3n) is 5.42. The molecular formula is C23H27F3N2O4. The predicted molar refractivity (Wildman–Crippen MR) is 113 cm³/mol. The van der Waals surface area contributed by atoms with Gasteiger partial charge in [0.1, 0.15) is 5.75 Å². The van der Waals surface area contributed by atoms with E-state index in [0.29, 0.717) is 30.2 Å². The van der Waals surface area contributed by atoms with Crippen LogP contribution in [0.15, 0.2) is 30.4 Å². The fraction of sp³-hybridized carbons (Fsp3) is 0.478. The van der Waals surface area contributed by atoms with Gasteiger partial charge >= 0.3 is 12.3 Å². The minimum atomic E-state index is -4.77. The molecule has 2 N–H and O–H groups in total. The molecule has 1 aliphatic rings. The fourth-order valence-corrected chi connectivity index (χ4v) is 4.01. The quantitative estimate of drug-likeness (QED) is 0.477. The van der Waals surface area contributed by atoms with Crippen molar-refractivity contribution in [2.24, 2.45) is 11.8 Å². The zero-order chi connectivity index (χ0) is 23.5. The van der Waals surface area contributed by atoms with Crippen LogP contribution in [0, 0.1) is 18.8 Å². The van der Waals surface area contributed by atoms with Crippen LogP contribution in [0.3, 0.4) is 0 Å². The SMILES string of the molecule is Cc1[nH]c2ccc(OC(F)(F)F)cc2c1CCNC(=O)[C@H]1CC=CC[C@H]1C(=O)OC(C)C. The summed E-state index contributed by atoms with van der Waals surface area (Å²) in [6, 6.07) is 4.13. The Kier molecular flexibility index (Phi) is 7.16. The first-order chi connectivity index (χ1) is 15.0. The summed E-state index contributed by atoms with van der Waals surface area (Å²) in [5.74, 6) is -1.95. The van der Waals surface area contributed by atoms with Crippen molar-refractivity contribution in [3.05, 3.63) is 41.6 Å². The second-order valence-electron chi connectivity index (χ2n) is 8.17. The van der Waals surface area contributed by atoms with Gasteiger partial charge in [-0.25, -0.2) is 0 Å². The van der Waals surface area contributed by atoms with E-state index >= 15 is 0 Å². The molecule has 2 atom stereocenters. The van der Waals surface area contributed by atoms with Crippen LogP contribution in [0.2, 0.25) is 0 Å². The van der Waals surface area contributed by atoms with E-state index in [2.05, 4.69) is 15.0 Å². The Morgan fingerprint density at radius 2 is 1.88 bits per heavy atom. The molecular weight excluding hydrogens is 425 g/mol. The predicted octanol–water partition coefficient (Wildman–Crippen LogP) is 4.57. The number of esters is 1. The average molecular weight is 452 g/mol. The summed E-state index contributed by atoms with van der Waals surface area (Å²) in [5, 5.41) is 3.48. The highest BCUT2D eigenvalue weighted by Crippen LogP contribution is 2.30. The number of aromatic amines is 1. The molecule has 32 heavy (non-hydrogen) atoms. The number of benzene rings is 1. The molecule has 0 spiro atoms. The molecule has 1 aliphatic carbocycles. The molecule has 0 bridgehead atoms. The minimum Gasteiger partial charge on any atom is -0.463 e. The van der Waals surface area contributed by atoms with Gasteiger partial charge in [0.2, 0.25) is 5.91 Å². The molecule has 1 heterocycles. The number of carbonyl (C=O) groups excluding carboxylic acids is 2. The molecule has 1 aromatic carbocycles. The highest BCUT2D eigenvalue weighted by atomic mass is 19.4. The number of fused-ring (bicyclic) bond motifs is 1. The molecule has 0 saturated carbocycles. The lowest BCUT2D eigenvalue weighted by molar-refractivity contribution is -0.274. The van der Waals surface area contributed by atoms with Crippen LogP contribution in [0.4, 0.5) is 13.2 Å². The number of ether oxygens (including phenoxy) is 2. The van der Waals surface area contributed by atoms with Gasteiger partial charge in [-0.2, -0.15) is 0 Å². The lowest BCUT2D eigenvalue weighted by Crippen LogP contribution is -2.40. The van der Waals surface area contributed by atoms with E-state index in [4.69, 9.17) is 4.74 Å². The lowest BCUT2D eigenvalue weighted by atomic mass is 9.82. The Labute approximate surface area is 184 Å². The summed E-state index contributed by atoms with van der Waals surface area (Å²) >= 11 is 0. The summed E-state index contributed by atoms with van der Waals surface area (Å²) in [6.45, 7) is 5.63. The summed E-state index contributed by atoms with van der Waals surface area (Å²) in [6.07, 6.45) is 0.0572. The Bertz CT molecular complexity index is 1010. The Hall–Kier alpha value is -2.97. The van der Waals surface area contributed by atoms with Gasteiger partial charge in [-0.1, -0.05) is 12.2 Å². The molecule has 1 aromatic heterocycles. The van der Waals surface area contributed by atoms with Crippen LogP contribution >= 0.6 is 0 Å². The third-order valence-corrected chi connectivity index (χ3v) is 5.42. The number of H-pyrrole nitrogens is 1. The van der Waals surface area contributed by atoms with Crippen LogP contribution in [-0.4, -0.2) is 35.9 Å². The second-order valence-corrected chi connectivity index (χ2v) is 8.17. The zero-order valence-electron chi connectivity index (χ0n) is 18.2. The number of rotatable bonds is 7. The third kappa shape index (κ3) is 5.83. The average Bonchev–Trinajstić information content (AvgIpc) is 3.01. The number of alkyl halides is 3. The zero-order valence-corrected chi connectivity index (χ0v) is 18.2. The molecule has 0 saturated heterocycles. The van der Waals surface area contributed by atoms with Crippen molar-refractivity contribution < 1.29 is 32.2 Å². The molecule has 0 aliphatic heterocycles. The maximum atomic E-state index is 12.8. The smallest absolute Gasteiger partial charge is 0.463 e. The number of carbonyl (C=O) groups is 2. The van der Waals surface area contributed by atoms with Gasteiger partial charge in [0.25, 0.3) is 0 Å². The number of halogens is 3. The van der Waals surface area contributed by atoms with Gasteiger partial charge in [-0.3, -0.25) is 9.59 Å². The van der Waals surface area contributed by atoms with Gasteiger partial charge in [0.15, 0.2) is 0 Å². The molecule has 1 amide bonds. The van der Waals surface area contributed by atoms with Crippen LogP contribution in [0.5, 0.6) is 5.75 Å². The number of hydrogen-bond acceptors (Lipinski definition) is 4. The molecule has 0 radical (unpaired) electrons. The van der Waals surface area contributed by atoms with Crippen LogP contribution < -0.4 is 10.1 Å². The fourth-order valence-electron chi connectivity index (χ4n) is 4.01. The Balaban J connectivity index is 1.67. The van der Waals surface area contributed by atoms with E-state index in [0.717, 1.165) is 11.3 Å². The molecule has 0 unspecified atom stereocenters. The maximum absolute atomic E-state index is 12.8. The van der Waals surface area contributed by atoms with Crippen molar-refractivity contribution in [1.29, 1.82) is 0 Å². The Morgan fingerprint density at radius 3 is 2.53 bits per heavy atom. The molecule has 3 rings (SSSR count). The largest absolute Gasteiger partial charge is 0.573 e. The minimum absolute atomic E-state index is 0.237. The van der Waals surface area contributed by atoms with E-state index in [1.165, 1.54) is 18.2 Å². The van der Waals surface area contributed by atoms with Gasteiger partial charge in [0, 0.05) is 23.1 Å². The van der Waals surface area contributed by atoms with E-state index in [-0.39, 0.29) is 30.3 Å². The molecule has 0 fully saturated rings. The molecule has 2 aromatic rings. The molecule has 6 nitrogen and oxygen atoms in total. The first kappa shape index (κ1) is 23.7. The van der Waals surface area contributed by atoms with Crippen LogP contribution in [-0.2, 0) is 20.7 Å². The maximum Gasteiger partial charge on any atom is 0.573 e. The number of hydrogen-bond donors (Lipinski definition) is 2. The van der Waals surface area contributed by atoms with Crippen molar-refractivity contribution in [3.63, 3.8) is 0 Å². The van der Waals surface area contributed by atoms with Crippen molar-refractivity contribution in [1.82, 2.24) is 10.3 Å². The van der Waals surface area contributed by atoms with E-state index in [1.54, 1.807) is 13.8 Å². The number of allylic oxidation sites excluding steroid dienone is 2. The highest BCUT2D eigenvalue weighted by Gasteiger charge is 2.35. The molecule has 9 heteroatoms. The van der Waals surface area contributed by atoms with E-state index < -0.39 is 18.2 Å². The topological polar surface area (TPSA) is 80.4 Å². The Morgan fingerprint density at radius 1 is 1.19 bits per heavy atom. The first-order valence-electron chi connectivity index (χ1n) is 10.6. The van der Waals surface area contributed by atoms with Crippen molar-refractivity contribution >= 4 is 22.8 Å². The summed E-state index contributed by atoms with van der Waals surface area (Å²) in [7, 11) is 0. The highest BCUT2D eigenvalue weighted by molar-refractivity contribution is 5.87. The summed E-state index contributed by atoms with van der Waals surface area (Å²) in [5.41, 5.74) is 2.29. The van der Waals surface area contributed by atoms with Gasteiger partial charge < -0.3 is 19.8 Å². The summed E-state index contributed by atoms with van der Waals surface area (Å²) < 4.78 is 47.0. The number of nitrogens with one attached hydrogen (secondary N) is 2. The first-order valence-corrected chi connectivity index (χ1v) is 10.6. The van der Waals surface area contributed by atoms with Crippen molar-refractivity contribution in [3.8, 4) is 5.75 Å². The van der Waals surface area contributed by atoms with Crippen molar-refractivity contribution in [2.75, 3.05) is 6.54 Å². The van der Waals surface area contributed by atoms with Crippen LogP contribution in [0.25, 0.3) is 10.9 Å². The van der Waals surface area contributed by atoms with Gasteiger partial charge in [-0.05, 0) is 63.8 Å².